The molecule has 0 aromatic heterocycles. The van der Waals surface area contributed by atoms with Crippen LogP contribution in [-0.2, 0) is 16.0 Å². The Labute approximate surface area is 137 Å². The van der Waals surface area contributed by atoms with E-state index in [9.17, 15) is 4.79 Å². The summed E-state index contributed by atoms with van der Waals surface area (Å²) in [6, 6.07) is 7.65. The maximum absolute atomic E-state index is 12.2. The number of nitrogens with zero attached hydrogens (tertiary/aromatic N) is 1. The second-order valence-electron chi connectivity index (χ2n) is 5.65. The number of likely N-dealkylation sites (tertiary alicyclic amines) is 1. The van der Waals surface area contributed by atoms with Crippen LogP contribution in [0.2, 0.25) is 5.02 Å². The maximum Gasteiger partial charge on any atom is 0.222 e. The van der Waals surface area contributed by atoms with Crippen LogP contribution < -0.4 is 0 Å². The van der Waals surface area contributed by atoms with Crippen molar-refractivity contribution in [3.63, 3.8) is 0 Å². The minimum absolute atomic E-state index is 0.169. The molecule has 0 spiro atoms. The van der Waals surface area contributed by atoms with E-state index in [0.717, 1.165) is 42.9 Å². The molecule has 1 aliphatic heterocycles. The third kappa shape index (κ3) is 5.59. The van der Waals surface area contributed by atoms with Gasteiger partial charge in [0.05, 0.1) is 6.10 Å². The summed E-state index contributed by atoms with van der Waals surface area (Å²) in [6.45, 7) is 2.31. The Hall–Kier alpha value is -1.10. The number of carbonyl (C=O) groups is 1. The van der Waals surface area contributed by atoms with Gasteiger partial charge in [-0.1, -0.05) is 23.7 Å². The first-order chi connectivity index (χ1) is 10.7. The fourth-order valence-electron chi connectivity index (χ4n) is 2.65. The van der Waals surface area contributed by atoms with Crippen molar-refractivity contribution in [3.8, 4) is 0 Å². The molecule has 1 heterocycles. The van der Waals surface area contributed by atoms with Crippen molar-refractivity contribution in [2.75, 3.05) is 26.3 Å². The summed E-state index contributed by atoms with van der Waals surface area (Å²) in [6.07, 6.45) is 3.98. The van der Waals surface area contributed by atoms with Crippen molar-refractivity contribution in [2.45, 2.75) is 38.2 Å². The van der Waals surface area contributed by atoms with Crippen LogP contribution in [0.25, 0.3) is 0 Å². The molecule has 122 valence electrons. The van der Waals surface area contributed by atoms with Gasteiger partial charge in [0.1, 0.15) is 0 Å². The lowest BCUT2D eigenvalue weighted by atomic mass is 10.1. The Morgan fingerprint density at radius 2 is 1.95 bits per heavy atom. The quantitative estimate of drug-likeness (QED) is 0.784. The minimum Gasteiger partial charge on any atom is -0.396 e. The summed E-state index contributed by atoms with van der Waals surface area (Å²) in [7, 11) is 0. The van der Waals surface area contributed by atoms with Gasteiger partial charge >= 0.3 is 0 Å². The summed E-state index contributed by atoms with van der Waals surface area (Å²) < 4.78 is 5.68. The number of ether oxygens (including phenoxy) is 1. The van der Waals surface area contributed by atoms with Crippen LogP contribution in [0, 0.1) is 0 Å². The molecule has 0 aliphatic carbocycles. The number of aliphatic hydroxyl groups is 1. The van der Waals surface area contributed by atoms with Gasteiger partial charge in [0.2, 0.25) is 5.91 Å². The first-order valence-electron chi connectivity index (χ1n) is 7.93. The van der Waals surface area contributed by atoms with Crippen molar-refractivity contribution in [3.05, 3.63) is 34.9 Å². The third-order valence-electron chi connectivity index (χ3n) is 3.99. The van der Waals surface area contributed by atoms with Crippen LogP contribution in [0.4, 0.5) is 0 Å². The molecule has 4 nitrogen and oxygen atoms in total. The Morgan fingerprint density at radius 3 is 2.59 bits per heavy atom. The van der Waals surface area contributed by atoms with E-state index in [1.165, 1.54) is 0 Å². The van der Waals surface area contributed by atoms with Crippen LogP contribution in [-0.4, -0.2) is 48.3 Å². The molecule has 1 aromatic carbocycles. The van der Waals surface area contributed by atoms with Crippen molar-refractivity contribution in [1.82, 2.24) is 4.90 Å². The number of aliphatic hydroxyl groups excluding tert-OH is 1. The Kier molecular flexibility index (Phi) is 7.16. The number of amides is 1. The van der Waals surface area contributed by atoms with Gasteiger partial charge in [0, 0.05) is 37.7 Å². The normalized spacial score (nSPS) is 16.0. The molecule has 1 fully saturated rings. The summed E-state index contributed by atoms with van der Waals surface area (Å²) in [5, 5.41) is 9.46. The van der Waals surface area contributed by atoms with Crippen LogP contribution in [0.5, 0.6) is 0 Å². The van der Waals surface area contributed by atoms with E-state index in [2.05, 4.69) is 0 Å². The highest BCUT2D eigenvalue weighted by Gasteiger charge is 2.22. The number of carbonyl (C=O) groups excluding carboxylic acids is 1. The molecule has 0 atom stereocenters. The van der Waals surface area contributed by atoms with Crippen molar-refractivity contribution in [2.24, 2.45) is 0 Å². The number of rotatable bonds is 7. The molecule has 1 aromatic rings. The third-order valence-corrected chi connectivity index (χ3v) is 4.24. The van der Waals surface area contributed by atoms with E-state index in [0.29, 0.717) is 19.4 Å². The molecule has 0 radical (unpaired) electrons. The molecule has 22 heavy (non-hydrogen) atoms. The van der Waals surface area contributed by atoms with Crippen molar-refractivity contribution >= 4 is 17.5 Å². The van der Waals surface area contributed by atoms with Crippen LogP contribution >= 0.6 is 11.6 Å². The van der Waals surface area contributed by atoms with Gasteiger partial charge in [-0.3, -0.25) is 4.79 Å². The van der Waals surface area contributed by atoms with E-state index in [1.54, 1.807) is 0 Å². The smallest absolute Gasteiger partial charge is 0.222 e. The van der Waals surface area contributed by atoms with E-state index < -0.39 is 0 Å². The lowest BCUT2D eigenvalue weighted by Crippen LogP contribution is -2.41. The van der Waals surface area contributed by atoms with Crippen molar-refractivity contribution in [1.29, 1.82) is 0 Å². The Balaban J connectivity index is 1.67. The highest BCUT2D eigenvalue weighted by molar-refractivity contribution is 6.30. The number of benzene rings is 1. The standard InChI is InChI=1S/C17H24ClNO3/c18-15-5-2-14(3-6-15)4-7-17(21)19-10-8-16(9-11-19)22-13-1-12-20/h2-3,5-6,16,20H,1,4,7-13H2. The van der Waals surface area contributed by atoms with E-state index in [4.69, 9.17) is 21.4 Å². The molecular weight excluding hydrogens is 302 g/mol. The number of piperidine rings is 1. The Bertz CT molecular complexity index is 455. The van der Waals surface area contributed by atoms with Gasteiger partial charge in [-0.25, -0.2) is 0 Å². The highest BCUT2D eigenvalue weighted by atomic mass is 35.5. The minimum atomic E-state index is 0.169. The highest BCUT2D eigenvalue weighted by Crippen LogP contribution is 2.16. The van der Waals surface area contributed by atoms with Gasteiger partial charge in [0.15, 0.2) is 0 Å². The average Bonchev–Trinajstić information content (AvgIpc) is 2.55. The largest absolute Gasteiger partial charge is 0.396 e. The second kappa shape index (κ2) is 9.13. The summed E-state index contributed by atoms with van der Waals surface area (Å²) in [5.41, 5.74) is 1.14. The topological polar surface area (TPSA) is 49.8 Å². The molecule has 0 bridgehead atoms. The van der Waals surface area contributed by atoms with Crippen LogP contribution in [0.3, 0.4) is 0 Å². The molecule has 2 rings (SSSR count). The Morgan fingerprint density at radius 1 is 1.27 bits per heavy atom. The molecule has 1 aliphatic rings. The van der Waals surface area contributed by atoms with Gasteiger partial charge < -0.3 is 14.7 Å². The number of aryl methyl sites for hydroxylation is 1. The summed E-state index contributed by atoms with van der Waals surface area (Å²) in [5.74, 6) is 0.212. The second-order valence-corrected chi connectivity index (χ2v) is 6.09. The lowest BCUT2D eigenvalue weighted by molar-refractivity contribution is -0.133. The van der Waals surface area contributed by atoms with Crippen molar-refractivity contribution < 1.29 is 14.6 Å². The first kappa shape index (κ1) is 17.3. The fraction of sp³-hybridized carbons (Fsp3) is 0.588. The van der Waals surface area contributed by atoms with Crippen LogP contribution in [0.1, 0.15) is 31.2 Å². The summed E-state index contributed by atoms with van der Waals surface area (Å²) in [4.78, 5) is 14.2. The number of hydrogen-bond donors (Lipinski definition) is 1. The molecule has 0 unspecified atom stereocenters. The molecule has 0 saturated carbocycles. The van der Waals surface area contributed by atoms with E-state index in [1.807, 2.05) is 29.2 Å². The number of hydrogen-bond acceptors (Lipinski definition) is 3. The van der Waals surface area contributed by atoms with Gasteiger partial charge in [0.25, 0.3) is 0 Å². The molecule has 1 amide bonds. The van der Waals surface area contributed by atoms with E-state index in [-0.39, 0.29) is 18.6 Å². The SMILES string of the molecule is O=C(CCc1ccc(Cl)cc1)N1CCC(OCCCO)CC1. The zero-order valence-electron chi connectivity index (χ0n) is 12.8. The predicted octanol–water partition coefficient (Wildman–Crippen LogP) is 2.66. The maximum atomic E-state index is 12.2. The molecule has 1 N–H and O–H groups in total. The monoisotopic (exact) mass is 325 g/mol. The molecule has 5 heteroatoms. The fourth-order valence-corrected chi connectivity index (χ4v) is 2.77. The zero-order chi connectivity index (χ0) is 15.8. The van der Waals surface area contributed by atoms with Gasteiger partial charge in [-0.05, 0) is 43.4 Å². The predicted molar refractivity (Wildman–Crippen MR) is 87.0 cm³/mol. The first-order valence-corrected chi connectivity index (χ1v) is 8.31. The van der Waals surface area contributed by atoms with Gasteiger partial charge in [-0.15, -0.1) is 0 Å². The van der Waals surface area contributed by atoms with Gasteiger partial charge in [-0.2, -0.15) is 0 Å². The molecule has 1 saturated heterocycles. The number of halogens is 1. The molecular formula is C17H24ClNO3. The van der Waals surface area contributed by atoms with E-state index >= 15 is 0 Å². The van der Waals surface area contributed by atoms with Crippen LogP contribution in [0.15, 0.2) is 24.3 Å². The zero-order valence-corrected chi connectivity index (χ0v) is 13.6. The average molecular weight is 326 g/mol. The lowest BCUT2D eigenvalue weighted by Gasteiger charge is -2.32. The summed E-state index contributed by atoms with van der Waals surface area (Å²) >= 11 is 5.85.